The lowest BCUT2D eigenvalue weighted by Gasteiger charge is -2.31. The van der Waals surface area contributed by atoms with Crippen molar-refractivity contribution in [2.45, 2.75) is 12.8 Å². The SMILES string of the molecule is COCCOCC1CCN(C(=O)COc2cccc(OC)c2)CC1. The molecule has 134 valence electrons. The van der Waals surface area contributed by atoms with E-state index in [1.54, 1.807) is 20.3 Å². The van der Waals surface area contributed by atoms with Gasteiger partial charge in [0.05, 0.1) is 20.3 Å². The lowest BCUT2D eigenvalue weighted by molar-refractivity contribution is -0.135. The van der Waals surface area contributed by atoms with E-state index in [2.05, 4.69) is 0 Å². The quantitative estimate of drug-likeness (QED) is 0.645. The predicted molar refractivity (Wildman–Crippen MR) is 90.5 cm³/mol. The van der Waals surface area contributed by atoms with Gasteiger partial charge in [0.2, 0.25) is 0 Å². The molecule has 24 heavy (non-hydrogen) atoms. The van der Waals surface area contributed by atoms with Gasteiger partial charge in [-0.2, -0.15) is 0 Å². The number of hydrogen-bond acceptors (Lipinski definition) is 5. The van der Waals surface area contributed by atoms with Crippen LogP contribution in [0.2, 0.25) is 0 Å². The Bertz CT molecular complexity index is 500. The average molecular weight is 337 g/mol. The molecule has 0 unspecified atom stereocenters. The fourth-order valence-corrected chi connectivity index (χ4v) is 2.67. The second kappa shape index (κ2) is 10.2. The number of nitrogens with zero attached hydrogens (tertiary/aromatic N) is 1. The van der Waals surface area contributed by atoms with Gasteiger partial charge in [0.15, 0.2) is 6.61 Å². The van der Waals surface area contributed by atoms with Crippen LogP contribution in [0.3, 0.4) is 0 Å². The van der Waals surface area contributed by atoms with Crippen LogP contribution in [0.4, 0.5) is 0 Å². The van der Waals surface area contributed by atoms with Crippen LogP contribution in [-0.2, 0) is 14.3 Å². The van der Waals surface area contributed by atoms with Crippen LogP contribution >= 0.6 is 0 Å². The molecule has 1 heterocycles. The molecular weight excluding hydrogens is 310 g/mol. The third-order valence-electron chi connectivity index (χ3n) is 4.16. The molecule has 6 heteroatoms. The molecule has 0 aliphatic carbocycles. The molecule has 0 aromatic heterocycles. The van der Waals surface area contributed by atoms with Gasteiger partial charge in [-0.1, -0.05) is 6.07 Å². The van der Waals surface area contributed by atoms with E-state index in [1.165, 1.54) is 0 Å². The molecule has 2 rings (SSSR count). The Morgan fingerprint density at radius 2 is 1.92 bits per heavy atom. The average Bonchev–Trinajstić information content (AvgIpc) is 2.64. The Labute approximate surface area is 143 Å². The molecule has 1 saturated heterocycles. The summed E-state index contributed by atoms with van der Waals surface area (Å²) in [6, 6.07) is 7.28. The van der Waals surface area contributed by atoms with Crippen LogP contribution in [0.25, 0.3) is 0 Å². The minimum atomic E-state index is 0.0246. The largest absolute Gasteiger partial charge is 0.497 e. The Hall–Kier alpha value is -1.79. The summed E-state index contributed by atoms with van der Waals surface area (Å²) < 4.78 is 21.2. The first-order chi connectivity index (χ1) is 11.7. The zero-order chi connectivity index (χ0) is 17.2. The van der Waals surface area contributed by atoms with E-state index in [-0.39, 0.29) is 12.5 Å². The molecule has 1 fully saturated rings. The number of piperidine rings is 1. The number of methoxy groups -OCH3 is 2. The number of amides is 1. The zero-order valence-corrected chi connectivity index (χ0v) is 14.5. The topological polar surface area (TPSA) is 57.2 Å². The Kier molecular flexibility index (Phi) is 7.85. The van der Waals surface area contributed by atoms with E-state index in [4.69, 9.17) is 18.9 Å². The van der Waals surface area contributed by atoms with Crippen molar-refractivity contribution in [2.75, 3.05) is 53.7 Å². The highest BCUT2D eigenvalue weighted by Gasteiger charge is 2.23. The molecule has 0 atom stereocenters. The molecule has 1 aliphatic rings. The Morgan fingerprint density at radius 1 is 1.17 bits per heavy atom. The maximum atomic E-state index is 12.3. The molecule has 0 spiro atoms. The van der Waals surface area contributed by atoms with Crippen molar-refractivity contribution >= 4 is 5.91 Å². The minimum Gasteiger partial charge on any atom is -0.497 e. The second-order valence-corrected chi connectivity index (χ2v) is 5.86. The normalized spacial score (nSPS) is 15.3. The summed E-state index contributed by atoms with van der Waals surface area (Å²) in [7, 11) is 3.27. The summed E-state index contributed by atoms with van der Waals surface area (Å²) in [5, 5.41) is 0. The van der Waals surface area contributed by atoms with Crippen molar-refractivity contribution in [1.82, 2.24) is 4.90 Å². The highest BCUT2D eigenvalue weighted by molar-refractivity contribution is 5.77. The molecule has 1 aliphatic heterocycles. The first-order valence-corrected chi connectivity index (χ1v) is 8.34. The van der Waals surface area contributed by atoms with Gasteiger partial charge in [-0.15, -0.1) is 0 Å². The first kappa shape index (κ1) is 18.5. The fraction of sp³-hybridized carbons (Fsp3) is 0.611. The van der Waals surface area contributed by atoms with Crippen molar-refractivity contribution in [1.29, 1.82) is 0 Å². The van der Waals surface area contributed by atoms with Gasteiger partial charge in [0.1, 0.15) is 11.5 Å². The predicted octanol–water partition coefficient (Wildman–Crippen LogP) is 1.98. The third-order valence-corrected chi connectivity index (χ3v) is 4.16. The van der Waals surface area contributed by atoms with Gasteiger partial charge < -0.3 is 23.8 Å². The molecule has 1 aromatic carbocycles. The van der Waals surface area contributed by atoms with Crippen molar-refractivity contribution in [3.05, 3.63) is 24.3 Å². The molecule has 0 N–H and O–H groups in total. The minimum absolute atomic E-state index is 0.0246. The first-order valence-electron chi connectivity index (χ1n) is 8.34. The number of likely N-dealkylation sites (tertiary alicyclic amines) is 1. The van der Waals surface area contributed by atoms with Crippen LogP contribution in [0.15, 0.2) is 24.3 Å². The maximum Gasteiger partial charge on any atom is 0.260 e. The lowest BCUT2D eigenvalue weighted by atomic mass is 9.98. The van der Waals surface area contributed by atoms with Gasteiger partial charge in [-0.05, 0) is 30.9 Å². The van der Waals surface area contributed by atoms with Gasteiger partial charge in [-0.3, -0.25) is 4.79 Å². The third kappa shape index (κ3) is 6.02. The van der Waals surface area contributed by atoms with Gasteiger partial charge >= 0.3 is 0 Å². The number of carbonyl (C=O) groups is 1. The molecule has 0 saturated carbocycles. The van der Waals surface area contributed by atoms with Crippen molar-refractivity contribution in [3.63, 3.8) is 0 Å². The van der Waals surface area contributed by atoms with E-state index < -0.39 is 0 Å². The van der Waals surface area contributed by atoms with Crippen molar-refractivity contribution < 1.29 is 23.7 Å². The fourth-order valence-electron chi connectivity index (χ4n) is 2.67. The lowest BCUT2D eigenvalue weighted by Crippen LogP contribution is -2.41. The van der Waals surface area contributed by atoms with E-state index in [9.17, 15) is 4.79 Å². The zero-order valence-electron chi connectivity index (χ0n) is 14.5. The highest BCUT2D eigenvalue weighted by Crippen LogP contribution is 2.20. The van der Waals surface area contributed by atoms with Crippen LogP contribution < -0.4 is 9.47 Å². The summed E-state index contributed by atoms with van der Waals surface area (Å²) in [5.41, 5.74) is 0. The second-order valence-electron chi connectivity index (χ2n) is 5.86. The summed E-state index contributed by atoms with van der Waals surface area (Å²) >= 11 is 0. The summed E-state index contributed by atoms with van der Waals surface area (Å²) in [6.45, 7) is 3.58. The van der Waals surface area contributed by atoms with E-state index in [0.717, 1.165) is 32.5 Å². The number of carbonyl (C=O) groups excluding carboxylic acids is 1. The van der Waals surface area contributed by atoms with E-state index in [1.807, 2.05) is 23.1 Å². The molecular formula is C18H27NO5. The smallest absolute Gasteiger partial charge is 0.260 e. The van der Waals surface area contributed by atoms with Gasteiger partial charge in [-0.25, -0.2) is 0 Å². The van der Waals surface area contributed by atoms with Crippen molar-refractivity contribution in [3.8, 4) is 11.5 Å². The van der Waals surface area contributed by atoms with Gasteiger partial charge in [0.25, 0.3) is 5.91 Å². The van der Waals surface area contributed by atoms with Gasteiger partial charge in [0, 0.05) is 32.9 Å². The molecule has 0 radical (unpaired) electrons. The monoisotopic (exact) mass is 337 g/mol. The Morgan fingerprint density at radius 3 is 2.62 bits per heavy atom. The number of ether oxygens (including phenoxy) is 4. The van der Waals surface area contributed by atoms with Crippen LogP contribution in [0.1, 0.15) is 12.8 Å². The highest BCUT2D eigenvalue weighted by atomic mass is 16.5. The standard InChI is InChI=1S/C18H27NO5/c1-21-10-11-23-13-15-6-8-19(9-7-15)18(20)14-24-17-5-3-4-16(12-17)22-2/h3-5,12,15H,6-11,13-14H2,1-2H3. The van der Waals surface area contributed by atoms with E-state index in [0.29, 0.717) is 30.6 Å². The summed E-state index contributed by atoms with van der Waals surface area (Å²) in [6.07, 6.45) is 1.94. The van der Waals surface area contributed by atoms with E-state index >= 15 is 0 Å². The molecule has 1 aromatic rings. The Balaban J connectivity index is 1.67. The summed E-state index contributed by atoms with van der Waals surface area (Å²) in [5.74, 6) is 1.90. The molecule has 6 nitrogen and oxygen atoms in total. The molecule has 1 amide bonds. The van der Waals surface area contributed by atoms with Crippen molar-refractivity contribution in [2.24, 2.45) is 5.92 Å². The van der Waals surface area contributed by atoms with Crippen LogP contribution in [0.5, 0.6) is 11.5 Å². The number of hydrogen-bond donors (Lipinski definition) is 0. The van der Waals surface area contributed by atoms with Crippen LogP contribution in [0, 0.1) is 5.92 Å². The maximum absolute atomic E-state index is 12.3. The number of rotatable bonds is 9. The molecule has 0 bridgehead atoms. The number of benzene rings is 1. The summed E-state index contributed by atoms with van der Waals surface area (Å²) in [4.78, 5) is 14.1. The van der Waals surface area contributed by atoms with Crippen LogP contribution in [-0.4, -0.2) is 64.5 Å².